The molecule has 1 aromatic carbocycles. The van der Waals surface area contributed by atoms with E-state index in [4.69, 9.17) is 4.74 Å². The molecule has 0 radical (unpaired) electrons. The second-order valence-corrected chi connectivity index (χ2v) is 8.90. The van der Waals surface area contributed by atoms with E-state index in [1.807, 2.05) is 6.07 Å². The van der Waals surface area contributed by atoms with Gasteiger partial charge in [-0.2, -0.15) is 0 Å². The standard InChI is InChI=1S/C24H36N2O2/c27-23(24(13-14-24)21-9-4-3-5-10-21)26(22-11-19-28-20-12-22)18-8-17-25-15-6-1-2-7-16-25/h3-5,9-10,22H,1-2,6-8,11-20H2. The third-order valence-electron chi connectivity index (χ3n) is 6.95. The SMILES string of the molecule is O=C(N(CCCN1CCCCCC1)C1CCOCC1)C1(c2ccccc2)CC1. The fourth-order valence-electron chi connectivity index (χ4n) is 5.05. The fraction of sp³-hybridized carbons (Fsp3) is 0.708. The molecule has 2 heterocycles. The largest absolute Gasteiger partial charge is 0.381 e. The van der Waals surface area contributed by atoms with Crippen LogP contribution in [0.1, 0.15) is 63.4 Å². The van der Waals surface area contributed by atoms with E-state index < -0.39 is 0 Å². The fourth-order valence-corrected chi connectivity index (χ4v) is 5.05. The average molecular weight is 385 g/mol. The molecule has 0 aromatic heterocycles. The molecule has 2 saturated heterocycles. The molecule has 1 saturated carbocycles. The molecule has 0 unspecified atom stereocenters. The van der Waals surface area contributed by atoms with Crippen molar-refractivity contribution in [3.05, 3.63) is 35.9 Å². The second kappa shape index (κ2) is 9.41. The van der Waals surface area contributed by atoms with Gasteiger partial charge in [0, 0.05) is 25.8 Å². The summed E-state index contributed by atoms with van der Waals surface area (Å²) >= 11 is 0. The van der Waals surface area contributed by atoms with Gasteiger partial charge in [0.05, 0.1) is 5.41 Å². The highest BCUT2D eigenvalue weighted by atomic mass is 16.5. The summed E-state index contributed by atoms with van der Waals surface area (Å²) in [7, 11) is 0. The highest BCUT2D eigenvalue weighted by molar-refractivity contribution is 5.91. The first-order valence-corrected chi connectivity index (χ1v) is 11.5. The highest BCUT2D eigenvalue weighted by Gasteiger charge is 2.53. The van der Waals surface area contributed by atoms with Gasteiger partial charge >= 0.3 is 0 Å². The monoisotopic (exact) mass is 384 g/mol. The Hall–Kier alpha value is -1.39. The van der Waals surface area contributed by atoms with Gasteiger partial charge in [-0.3, -0.25) is 4.79 Å². The van der Waals surface area contributed by atoms with Crippen LogP contribution >= 0.6 is 0 Å². The van der Waals surface area contributed by atoms with Crippen LogP contribution in [-0.2, 0) is 14.9 Å². The number of likely N-dealkylation sites (tertiary alicyclic amines) is 1. The van der Waals surface area contributed by atoms with Gasteiger partial charge in [-0.05, 0) is 70.1 Å². The molecule has 0 bridgehead atoms. The van der Waals surface area contributed by atoms with E-state index in [2.05, 4.69) is 34.1 Å². The van der Waals surface area contributed by atoms with Gasteiger partial charge in [-0.1, -0.05) is 43.2 Å². The normalized spacial score (nSPS) is 23.1. The van der Waals surface area contributed by atoms with Crippen molar-refractivity contribution < 1.29 is 9.53 Å². The zero-order valence-corrected chi connectivity index (χ0v) is 17.3. The van der Waals surface area contributed by atoms with Crippen LogP contribution in [0.5, 0.6) is 0 Å². The van der Waals surface area contributed by atoms with E-state index in [9.17, 15) is 4.79 Å². The summed E-state index contributed by atoms with van der Waals surface area (Å²) in [5.41, 5.74) is 0.965. The van der Waals surface area contributed by atoms with E-state index in [0.717, 1.165) is 58.4 Å². The Bertz CT molecular complexity index is 615. The number of nitrogens with zero attached hydrogens (tertiary/aromatic N) is 2. The maximum atomic E-state index is 13.7. The number of carbonyl (C=O) groups excluding carboxylic acids is 1. The molecule has 0 atom stereocenters. The third kappa shape index (κ3) is 4.60. The molecule has 154 valence electrons. The number of ether oxygens (including phenoxy) is 1. The van der Waals surface area contributed by atoms with Gasteiger partial charge in [-0.25, -0.2) is 0 Å². The van der Waals surface area contributed by atoms with E-state index in [1.165, 1.54) is 44.3 Å². The van der Waals surface area contributed by atoms with Gasteiger partial charge in [-0.15, -0.1) is 0 Å². The number of rotatable bonds is 7. The van der Waals surface area contributed by atoms with Crippen LogP contribution in [0.4, 0.5) is 0 Å². The first kappa shape index (κ1) is 19.9. The molecule has 1 aromatic rings. The Morgan fingerprint density at radius 2 is 1.71 bits per heavy atom. The van der Waals surface area contributed by atoms with E-state index in [-0.39, 0.29) is 5.41 Å². The summed E-state index contributed by atoms with van der Waals surface area (Å²) in [6.07, 6.45) is 10.5. The predicted octanol–water partition coefficient (Wildman–Crippen LogP) is 3.99. The van der Waals surface area contributed by atoms with Crippen LogP contribution < -0.4 is 0 Å². The molecule has 28 heavy (non-hydrogen) atoms. The lowest BCUT2D eigenvalue weighted by Gasteiger charge is -2.37. The van der Waals surface area contributed by atoms with Crippen LogP contribution in [-0.4, -0.2) is 61.1 Å². The van der Waals surface area contributed by atoms with Crippen molar-refractivity contribution in [2.24, 2.45) is 0 Å². The van der Waals surface area contributed by atoms with Gasteiger partial charge in [0.2, 0.25) is 5.91 Å². The average Bonchev–Trinajstić information content (AvgIpc) is 3.58. The number of carbonyl (C=O) groups is 1. The minimum Gasteiger partial charge on any atom is -0.381 e. The van der Waals surface area contributed by atoms with E-state index in [1.54, 1.807) is 0 Å². The molecular formula is C24H36N2O2. The number of hydrogen-bond donors (Lipinski definition) is 0. The Kier molecular flexibility index (Phi) is 6.69. The molecule has 4 heteroatoms. The van der Waals surface area contributed by atoms with Gasteiger partial charge in [0.1, 0.15) is 0 Å². The van der Waals surface area contributed by atoms with Crippen LogP contribution in [0.3, 0.4) is 0 Å². The molecule has 1 aliphatic carbocycles. The van der Waals surface area contributed by atoms with Crippen molar-refractivity contribution in [2.45, 2.75) is 69.2 Å². The number of hydrogen-bond acceptors (Lipinski definition) is 3. The number of benzene rings is 1. The summed E-state index contributed by atoms with van der Waals surface area (Å²) in [5.74, 6) is 0.376. The number of amides is 1. The minimum absolute atomic E-state index is 0.248. The quantitative estimate of drug-likeness (QED) is 0.712. The van der Waals surface area contributed by atoms with E-state index >= 15 is 0 Å². The van der Waals surface area contributed by atoms with Crippen molar-refractivity contribution in [3.63, 3.8) is 0 Å². The maximum Gasteiger partial charge on any atom is 0.233 e. The summed E-state index contributed by atoms with van der Waals surface area (Å²) in [5, 5.41) is 0. The van der Waals surface area contributed by atoms with Gasteiger partial charge in [0.15, 0.2) is 0 Å². The van der Waals surface area contributed by atoms with Gasteiger partial charge < -0.3 is 14.5 Å². The lowest BCUT2D eigenvalue weighted by Crippen LogP contribution is -2.48. The van der Waals surface area contributed by atoms with Crippen molar-refractivity contribution in [2.75, 3.05) is 39.4 Å². The molecular weight excluding hydrogens is 348 g/mol. The Morgan fingerprint density at radius 1 is 1.04 bits per heavy atom. The summed E-state index contributed by atoms with van der Waals surface area (Å²) in [6.45, 7) is 6.08. The molecule has 0 spiro atoms. The van der Waals surface area contributed by atoms with Crippen molar-refractivity contribution in [3.8, 4) is 0 Å². The summed E-state index contributed by atoms with van der Waals surface area (Å²) in [6, 6.07) is 10.8. The molecule has 4 rings (SSSR count). The van der Waals surface area contributed by atoms with Crippen LogP contribution in [0.25, 0.3) is 0 Å². The van der Waals surface area contributed by atoms with Gasteiger partial charge in [0.25, 0.3) is 0 Å². The molecule has 1 amide bonds. The highest BCUT2D eigenvalue weighted by Crippen LogP contribution is 2.50. The zero-order chi connectivity index (χ0) is 19.2. The Morgan fingerprint density at radius 3 is 2.36 bits per heavy atom. The molecule has 2 aliphatic heterocycles. The van der Waals surface area contributed by atoms with Crippen molar-refractivity contribution >= 4 is 5.91 Å². The maximum absolute atomic E-state index is 13.7. The first-order valence-electron chi connectivity index (χ1n) is 11.5. The minimum atomic E-state index is -0.248. The topological polar surface area (TPSA) is 32.8 Å². The predicted molar refractivity (Wildman–Crippen MR) is 112 cm³/mol. The van der Waals surface area contributed by atoms with Crippen LogP contribution in [0.15, 0.2) is 30.3 Å². The Labute approximate surface area is 170 Å². The zero-order valence-electron chi connectivity index (χ0n) is 17.3. The lowest BCUT2D eigenvalue weighted by molar-refractivity contribution is -0.138. The second-order valence-electron chi connectivity index (χ2n) is 8.90. The molecule has 3 aliphatic rings. The summed E-state index contributed by atoms with van der Waals surface area (Å²) in [4.78, 5) is 18.6. The third-order valence-corrected chi connectivity index (χ3v) is 6.95. The first-order chi connectivity index (χ1) is 13.8. The summed E-state index contributed by atoms with van der Waals surface area (Å²) < 4.78 is 5.58. The van der Waals surface area contributed by atoms with E-state index in [0.29, 0.717) is 11.9 Å². The van der Waals surface area contributed by atoms with Crippen LogP contribution in [0, 0.1) is 0 Å². The van der Waals surface area contributed by atoms with Crippen molar-refractivity contribution in [1.82, 2.24) is 9.80 Å². The molecule has 0 N–H and O–H groups in total. The molecule has 3 fully saturated rings. The lowest BCUT2D eigenvalue weighted by atomic mass is 9.92. The van der Waals surface area contributed by atoms with Crippen LogP contribution in [0.2, 0.25) is 0 Å². The van der Waals surface area contributed by atoms with Crippen molar-refractivity contribution in [1.29, 1.82) is 0 Å². The Balaban J connectivity index is 1.42. The molecule has 4 nitrogen and oxygen atoms in total. The smallest absolute Gasteiger partial charge is 0.233 e.